The summed E-state index contributed by atoms with van der Waals surface area (Å²) < 4.78 is 0. The standard InChI is InChI=1S/C16H26N2/c1-13-6-8-14(9-7-13)15(17-4)12-18-11-5-10-16(18,2)3/h6-9,15,17H,5,10-12H2,1-4H3. The van der Waals surface area contributed by atoms with Crippen LogP contribution in [0.3, 0.4) is 0 Å². The van der Waals surface area contributed by atoms with Crippen molar-refractivity contribution in [3.63, 3.8) is 0 Å². The third-order valence-electron chi connectivity index (χ3n) is 4.30. The number of likely N-dealkylation sites (tertiary alicyclic amines) is 1. The van der Waals surface area contributed by atoms with E-state index in [0.29, 0.717) is 11.6 Å². The van der Waals surface area contributed by atoms with E-state index in [1.54, 1.807) is 0 Å². The van der Waals surface area contributed by atoms with Gasteiger partial charge >= 0.3 is 0 Å². The molecule has 1 heterocycles. The van der Waals surface area contributed by atoms with Gasteiger partial charge in [0.15, 0.2) is 0 Å². The largest absolute Gasteiger partial charge is 0.312 e. The van der Waals surface area contributed by atoms with Crippen LogP contribution in [0, 0.1) is 6.92 Å². The van der Waals surface area contributed by atoms with E-state index in [-0.39, 0.29) is 0 Å². The Morgan fingerprint density at radius 1 is 1.28 bits per heavy atom. The van der Waals surface area contributed by atoms with Gasteiger partial charge in [0.2, 0.25) is 0 Å². The molecular weight excluding hydrogens is 220 g/mol. The number of nitrogens with zero attached hydrogens (tertiary/aromatic N) is 1. The molecule has 0 aromatic heterocycles. The molecule has 1 aliphatic heterocycles. The highest BCUT2D eigenvalue weighted by Gasteiger charge is 2.33. The Kier molecular flexibility index (Phi) is 4.08. The third kappa shape index (κ3) is 2.93. The van der Waals surface area contributed by atoms with E-state index in [1.165, 1.54) is 30.5 Å². The fourth-order valence-corrected chi connectivity index (χ4v) is 2.88. The Morgan fingerprint density at radius 3 is 2.44 bits per heavy atom. The van der Waals surface area contributed by atoms with Crippen LogP contribution in [0.2, 0.25) is 0 Å². The van der Waals surface area contributed by atoms with Crippen LogP contribution in [0.5, 0.6) is 0 Å². The number of likely N-dealkylation sites (N-methyl/N-ethyl adjacent to an activating group) is 1. The first-order chi connectivity index (χ1) is 8.53. The van der Waals surface area contributed by atoms with Crippen molar-refractivity contribution < 1.29 is 0 Å². The van der Waals surface area contributed by atoms with Gasteiger partial charge in [-0.2, -0.15) is 0 Å². The third-order valence-corrected chi connectivity index (χ3v) is 4.30. The molecule has 0 amide bonds. The molecule has 0 saturated carbocycles. The molecule has 1 aromatic carbocycles. The first-order valence-corrected chi connectivity index (χ1v) is 7.02. The summed E-state index contributed by atoms with van der Waals surface area (Å²) in [6.07, 6.45) is 2.65. The lowest BCUT2D eigenvalue weighted by Crippen LogP contribution is -2.42. The molecule has 1 aromatic rings. The van der Waals surface area contributed by atoms with Crippen LogP contribution in [0.15, 0.2) is 24.3 Å². The van der Waals surface area contributed by atoms with Crippen molar-refractivity contribution in [3.8, 4) is 0 Å². The predicted molar refractivity (Wildman–Crippen MR) is 77.9 cm³/mol. The molecule has 0 radical (unpaired) electrons. The topological polar surface area (TPSA) is 15.3 Å². The van der Waals surface area contributed by atoms with Gasteiger partial charge in [-0.1, -0.05) is 29.8 Å². The van der Waals surface area contributed by atoms with Crippen molar-refractivity contribution in [2.24, 2.45) is 0 Å². The van der Waals surface area contributed by atoms with E-state index in [2.05, 4.69) is 62.3 Å². The Labute approximate surface area is 111 Å². The zero-order valence-electron chi connectivity index (χ0n) is 12.2. The zero-order chi connectivity index (χ0) is 13.2. The second kappa shape index (κ2) is 5.41. The summed E-state index contributed by atoms with van der Waals surface area (Å²) in [5.41, 5.74) is 3.08. The quantitative estimate of drug-likeness (QED) is 0.878. The molecule has 2 heteroatoms. The van der Waals surface area contributed by atoms with Crippen LogP contribution >= 0.6 is 0 Å². The predicted octanol–water partition coefficient (Wildman–Crippen LogP) is 3.13. The van der Waals surface area contributed by atoms with E-state index >= 15 is 0 Å². The Balaban J connectivity index is 2.08. The van der Waals surface area contributed by atoms with Crippen molar-refractivity contribution in [1.29, 1.82) is 0 Å². The average Bonchev–Trinajstić information content (AvgIpc) is 2.67. The lowest BCUT2D eigenvalue weighted by molar-refractivity contribution is 0.158. The second-order valence-corrected chi connectivity index (χ2v) is 6.11. The molecule has 1 unspecified atom stereocenters. The van der Waals surface area contributed by atoms with E-state index < -0.39 is 0 Å². The average molecular weight is 246 g/mol. The van der Waals surface area contributed by atoms with Gasteiger partial charge in [0.05, 0.1) is 0 Å². The van der Waals surface area contributed by atoms with Crippen molar-refractivity contribution in [1.82, 2.24) is 10.2 Å². The fourth-order valence-electron chi connectivity index (χ4n) is 2.88. The maximum Gasteiger partial charge on any atom is 0.0447 e. The van der Waals surface area contributed by atoms with Crippen LogP contribution in [0.25, 0.3) is 0 Å². The highest BCUT2D eigenvalue weighted by molar-refractivity contribution is 5.24. The maximum absolute atomic E-state index is 3.46. The van der Waals surface area contributed by atoms with E-state index in [4.69, 9.17) is 0 Å². The highest BCUT2D eigenvalue weighted by Crippen LogP contribution is 2.30. The van der Waals surface area contributed by atoms with Crippen LogP contribution in [0.1, 0.15) is 43.9 Å². The zero-order valence-corrected chi connectivity index (χ0v) is 12.2. The number of benzene rings is 1. The van der Waals surface area contributed by atoms with Gasteiger partial charge in [-0.25, -0.2) is 0 Å². The van der Waals surface area contributed by atoms with Crippen molar-refractivity contribution in [3.05, 3.63) is 35.4 Å². The van der Waals surface area contributed by atoms with E-state index in [0.717, 1.165) is 6.54 Å². The molecule has 0 bridgehead atoms. The molecule has 1 fully saturated rings. The number of hydrogen-bond acceptors (Lipinski definition) is 2. The van der Waals surface area contributed by atoms with Crippen LogP contribution in [0.4, 0.5) is 0 Å². The van der Waals surface area contributed by atoms with Gasteiger partial charge in [0.1, 0.15) is 0 Å². The molecule has 2 nitrogen and oxygen atoms in total. The minimum atomic E-state index is 0.361. The van der Waals surface area contributed by atoms with Crippen LogP contribution < -0.4 is 5.32 Å². The molecule has 1 saturated heterocycles. The van der Waals surface area contributed by atoms with E-state index in [1.807, 2.05) is 0 Å². The summed E-state index contributed by atoms with van der Waals surface area (Å²) in [6, 6.07) is 9.34. The van der Waals surface area contributed by atoms with Gasteiger partial charge in [0, 0.05) is 18.1 Å². The Morgan fingerprint density at radius 2 is 1.94 bits per heavy atom. The fraction of sp³-hybridized carbons (Fsp3) is 0.625. The lowest BCUT2D eigenvalue weighted by Gasteiger charge is -2.34. The van der Waals surface area contributed by atoms with Crippen LogP contribution in [-0.2, 0) is 0 Å². The number of rotatable bonds is 4. The Hall–Kier alpha value is -0.860. The van der Waals surface area contributed by atoms with Crippen molar-refractivity contribution >= 4 is 0 Å². The molecule has 1 N–H and O–H groups in total. The molecule has 1 atom stereocenters. The molecule has 0 aliphatic carbocycles. The molecule has 100 valence electrons. The van der Waals surface area contributed by atoms with Gasteiger partial charge in [-0.05, 0) is 52.8 Å². The minimum Gasteiger partial charge on any atom is -0.312 e. The van der Waals surface area contributed by atoms with Gasteiger partial charge < -0.3 is 5.32 Å². The monoisotopic (exact) mass is 246 g/mol. The van der Waals surface area contributed by atoms with Crippen molar-refractivity contribution in [2.45, 2.75) is 45.2 Å². The molecule has 18 heavy (non-hydrogen) atoms. The Bertz CT molecular complexity index is 381. The maximum atomic E-state index is 3.46. The van der Waals surface area contributed by atoms with Crippen molar-refractivity contribution in [2.75, 3.05) is 20.1 Å². The minimum absolute atomic E-state index is 0.361. The first kappa shape index (κ1) is 13.6. The summed E-state index contributed by atoms with van der Waals surface area (Å²) >= 11 is 0. The number of hydrogen-bond donors (Lipinski definition) is 1. The molecule has 0 spiro atoms. The molecule has 1 aliphatic rings. The summed E-state index contributed by atoms with van der Waals surface area (Å²) in [7, 11) is 2.06. The van der Waals surface area contributed by atoms with Crippen LogP contribution in [-0.4, -0.2) is 30.6 Å². The summed E-state index contributed by atoms with van der Waals surface area (Å²) in [5.74, 6) is 0. The van der Waals surface area contributed by atoms with Gasteiger partial charge in [-0.3, -0.25) is 4.90 Å². The van der Waals surface area contributed by atoms with E-state index in [9.17, 15) is 0 Å². The van der Waals surface area contributed by atoms with Gasteiger partial charge in [0.25, 0.3) is 0 Å². The number of aryl methyl sites for hydroxylation is 1. The smallest absolute Gasteiger partial charge is 0.0447 e. The summed E-state index contributed by atoms with van der Waals surface area (Å²) in [6.45, 7) is 9.20. The number of nitrogens with one attached hydrogen (secondary N) is 1. The molecule has 2 rings (SSSR count). The summed E-state index contributed by atoms with van der Waals surface area (Å²) in [4.78, 5) is 2.62. The normalized spacial score (nSPS) is 21.1. The first-order valence-electron chi connectivity index (χ1n) is 7.02. The second-order valence-electron chi connectivity index (χ2n) is 6.11. The van der Waals surface area contributed by atoms with Gasteiger partial charge in [-0.15, -0.1) is 0 Å². The highest BCUT2D eigenvalue weighted by atomic mass is 15.2. The lowest BCUT2D eigenvalue weighted by atomic mass is 10.00. The molecular formula is C16H26N2. The SMILES string of the molecule is CNC(CN1CCCC1(C)C)c1ccc(C)cc1. The summed E-state index contributed by atoms with van der Waals surface area (Å²) in [5, 5.41) is 3.46.